The zero-order chi connectivity index (χ0) is 14.7. The van der Waals surface area contributed by atoms with Gasteiger partial charge in [0.2, 0.25) is 0 Å². The Kier molecular flexibility index (Phi) is 15.6. The Balaban J connectivity index is 3.62. The first-order valence-electron chi connectivity index (χ1n) is 7.45. The standard InChI is InChI=1S/C20H27/c1-3-5-7-9-11-13-15-17-19-20-18-16-14-12-10-8-6-4-2/h1,3,5,7,9,11,13-20H,4,6,8,10,12H2,2H3/b3-1?,7-5+,11-9+,15-13+,16-14+,19-17+,20-18+. The van der Waals surface area contributed by atoms with Crippen LogP contribution in [0, 0.1) is 6.58 Å². The van der Waals surface area contributed by atoms with E-state index in [4.69, 9.17) is 6.58 Å². The van der Waals surface area contributed by atoms with Crippen molar-refractivity contribution in [1.29, 1.82) is 0 Å². The topological polar surface area (TPSA) is 0 Å². The van der Waals surface area contributed by atoms with Crippen molar-refractivity contribution in [2.24, 2.45) is 0 Å². The van der Waals surface area contributed by atoms with E-state index in [2.05, 4.69) is 25.2 Å². The lowest BCUT2D eigenvalue weighted by Gasteiger charge is -1.92. The Bertz CT molecular complexity index is 373. The maximum absolute atomic E-state index is 5.20. The van der Waals surface area contributed by atoms with E-state index < -0.39 is 0 Å². The second-order valence-electron chi connectivity index (χ2n) is 4.39. The Morgan fingerprint density at radius 1 is 0.600 bits per heavy atom. The molecule has 0 saturated carbocycles. The summed E-state index contributed by atoms with van der Waals surface area (Å²) in [4.78, 5) is 0. The molecule has 0 spiro atoms. The molecule has 0 rings (SSSR count). The molecular weight excluding hydrogens is 240 g/mol. The van der Waals surface area contributed by atoms with Gasteiger partial charge in [-0.15, -0.1) is 0 Å². The first-order valence-corrected chi connectivity index (χ1v) is 7.45. The molecule has 0 heteroatoms. The average molecular weight is 267 g/mol. The van der Waals surface area contributed by atoms with Gasteiger partial charge in [-0.3, -0.25) is 0 Å². The molecule has 0 aromatic carbocycles. The first-order chi connectivity index (χ1) is 9.91. The van der Waals surface area contributed by atoms with E-state index >= 15 is 0 Å². The van der Waals surface area contributed by atoms with Crippen molar-refractivity contribution in [2.45, 2.75) is 39.0 Å². The minimum absolute atomic E-state index is 1.19. The van der Waals surface area contributed by atoms with Gasteiger partial charge in [-0.05, 0) is 12.8 Å². The van der Waals surface area contributed by atoms with Gasteiger partial charge in [-0.25, -0.2) is 0 Å². The molecule has 107 valence electrons. The molecule has 0 saturated heterocycles. The third kappa shape index (κ3) is 16.2. The summed E-state index contributed by atoms with van der Waals surface area (Å²) in [6.45, 7) is 7.44. The van der Waals surface area contributed by atoms with Gasteiger partial charge in [0.05, 0.1) is 0 Å². The van der Waals surface area contributed by atoms with Gasteiger partial charge in [0, 0.05) is 0 Å². The summed E-state index contributed by atoms with van der Waals surface area (Å²) in [5.41, 5.74) is 0. The Morgan fingerprint density at radius 2 is 1.10 bits per heavy atom. The SMILES string of the molecule is [CH]=C/C=C/C=C/C=C/C=C/C=C/C=C/CCCCCC. The summed E-state index contributed by atoms with van der Waals surface area (Å²) in [7, 11) is 0. The molecule has 0 aromatic rings. The lowest BCUT2D eigenvalue weighted by atomic mass is 10.1. The van der Waals surface area contributed by atoms with Crippen molar-refractivity contribution in [3.05, 3.63) is 85.6 Å². The summed E-state index contributed by atoms with van der Waals surface area (Å²) < 4.78 is 0. The number of hydrogen-bond donors (Lipinski definition) is 0. The molecule has 0 fully saturated rings. The highest BCUT2D eigenvalue weighted by Crippen LogP contribution is 2.02. The summed E-state index contributed by atoms with van der Waals surface area (Å²) in [5.74, 6) is 0. The smallest absolute Gasteiger partial charge is 0.0348 e. The van der Waals surface area contributed by atoms with Crippen LogP contribution in [0.1, 0.15) is 39.0 Å². The van der Waals surface area contributed by atoms with E-state index in [1.54, 1.807) is 6.08 Å². The number of allylic oxidation sites excluding steroid dienone is 13. The molecule has 0 bridgehead atoms. The fourth-order valence-corrected chi connectivity index (χ4v) is 1.51. The molecule has 20 heavy (non-hydrogen) atoms. The van der Waals surface area contributed by atoms with Crippen LogP contribution in [0.4, 0.5) is 0 Å². The van der Waals surface area contributed by atoms with Crippen molar-refractivity contribution >= 4 is 0 Å². The summed E-state index contributed by atoms with van der Waals surface area (Å²) in [6.07, 6.45) is 32.1. The zero-order valence-electron chi connectivity index (χ0n) is 12.6. The molecule has 0 aromatic heterocycles. The van der Waals surface area contributed by atoms with Crippen molar-refractivity contribution in [3.8, 4) is 0 Å². The molecule has 0 amide bonds. The van der Waals surface area contributed by atoms with Crippen LogP contribution < -0.4 is 0 Å². The average Bonchev–Trinajstić information content (AvgIpc) is 2.47. The normalized spacial score (nSPS) is 13.2. The molecular formula is C20H27. The first kappa shape index (κ1) is 18.2. The maximum atomic E-state index is 5.20. The number of unbranched alkanes of at least 4 members (excludes halogenated alkanes) is 4. The minimum atomic E-state index is 1.19. The fraction of sp³-hybridized carbons (Fsp3) is 0.300. The van der Waals surface area contributed by atoms with Gasteiger partial charge in [-0.2, -0.15) is 0 Å². The minimum Gasteiger partial charge on any atom is -0.0845 e. The van der Waals surface area contributed by atoms with Gasteiger partial charge >= 0.3 is 0 Å². The number of rotatable bonds is 11. The van der Waals surface area contributed by atoms with Crippen molar-refractivity contribution in [1.82, 2.24) is 0 Å². The van der Waals surface area contributed by atoms with E-state index in [-0.39, 0.29) is 0 Å². The van der Waals surface area contributed by atoms with Crippen molar-refractivity contribution in [3.63, 3.8) is 0 Å². The highest BCUT2D eigenvalue weighted by atomic mass is 13.9. The molecule has 0 aliphatic carbocycles. The van der Waals surface area contributed by atoms with Gasteiger partial charge < -0.3 is 0 Å². The lowest BCUT2D eigenvalue weighted by molar-refractivity contribution is 0.674. The Labute approximate surface area is 125 Å². The van der Waals surface area contributed by atoms with Crippen molar-refractivity contribution in [2.75, 3.05) is 0 Å². The van der Waals surface area contributed by atoms with Crippen LogP contribution in [0.5, 0.6) is 0 Å². The van der Waals surface area contributed by atoms with Crippen LogP contribution in [0.25, 0.3) is 0 Å². The van der Waals surface area contributed by atoms with Gasteiger partial charge in [0.15, 0.2) is 0 Å². The van der Waals surface area contributed by atoms with E-state index in [9.17, 15) is 0 Å². The second-order valence-corrected chi connectivity index (χ2v) is 4.39. The van der Waals surface area contributed by atoms with E-state index in [0.717, 1.165) is 0 Å². The van der Waals surface area contributed by atoms with Crippen LogP contribution in [-0.2, 0) is 0 Å². The van der Waals surface area contributed by atoms with Crippen LogP contribution in [0.3, 0.4) is 0 Å². The van der Waals surface area contributed by atoms with Gasteiger partial charge in [0.25, 0.3) is 0 Å². The predicted molar refractivity (Wildman–Crippen MR) is 92.5 cm³/mol. The van der Waals surface area contributed by atoms with Crippen LogP contribution in [0.15, 0.2) is 79.0 Å². The molecule has 0 atom stereocenters. The number of hydrogen-bond acceptors (Lipinski definition) is 0. The molecule has 0 aliphatic rings. The molecule has 0 aliphatic heterocycles. The second kappa shape index (κ2) is 17.2. The van der Waals surface area contributed by atoms with E-state index in [1.165, 1.54) is 38.2 Å². The zero-order valence-corrected chi connectivity index (χ0v) is 12.6. The Morgan fingerprint density at radius 3 is 1.60 bits per heavy atom. The summed E-state index contributed by atoms with van der Waals surface area (Å²) >= 11 is 0. The van der Waals surface area contributed by atoms with Crippen LogP contribution >= 0.6 is 0 Å². The van der Waals surface area contributed by atoms with Crippen LogP contribution in [0.2, 0.25) is 0 Å². The molecule has 0 N–H and O–H groups in total. The highest BCUT2D eigenvalue weighted by molar-refractivity contribution is 5.20. The van der Waals surface area contributed by atoms with E-state index in [1.807, 2.05) is 48.6 Å². The van der Waals surface area contributed by atoms with Gasteiger partial charge in [-0.1, -0.05) is 112 Å². The van der Waals surface area contributed by atoms with Gasteiger partial charge in [0.1, 0.15) is 0 Å². The van der Waals surface area contributed by atoms with E-state index in [0.29, 0.717) is 0 Å². The molecule has 0 unspecified atom stereocenters. The van der Waals surface area contributed by atoms with Crippen LogP contribution in [-0.4, -0.2) is 0 Å². The largest absolute Gasteiger partial charge is 0.0845 e. The maximum Gasteiger partial charge on any atom is -0.0348 e. The highest BCUT2D eigenvalue weighted by Gasteiger charge is 1.82. The summed E-state index contributed by atoms with van der Waals surface area (Å²) in [5, 5.41) is 0. The predicted octanol–water partition coefficient (Wildman–Crippen LogP) is 6.28. The quantitative estimate of drug-likeness (QED) is 0.305. The monoisotopic (exact) mass is 267 g/mol. The molecule has 1 radical (unpaired) electrons. The Hall–Kier alpha value is -1.82. The third-order valence-electron chi connectivity index (χ3n) is 2.58. The lowest BCUT2D eigenvalue weighted by Crippen LogP contribution is -1.72. The third-order valence-corrected chi connectivity index (χ3v) is 2.58. The molecule has 0 heterocycles. The van der Waals surface area contributed by atoms with Crippen molar-refractivity contribution < 1.29 is 0 Å². The summed E-state index contributed by atoms with van der Waals surface area (Å²) in [6, 6.07) is 0. The fourth-order valence-electron chi connectivity index (χ4n) is 1.51. The molecule has 0 nitrogen and oxygen atoms in total.